The topological polar surface area (TPSA) is 31.4 Å². The van der Waals surface area contributed by atoms with E-state index in [2.05, 4.69) is 11.9 Å². The molecule has 0 fully saturated rings. The first-order chi connectivity index (χ1) is 8.90. The highest BCUT2D eigenvalue weighted by Gasteiger charge is 1.98. The Bertz CT molecular complexity index is 485. The highest BCUT2D eigenvalue weighted by Crippen LogP contribution is 2.17. The molecular weight excluding hydrogens is 226 g/mol. The molecule has 0 aliphatic heterocycles. The van der Waals surface area contributed by atoms with Crippen LogP contribution in [0, 0.1) is 0 Å². The first-order valence-corrected chi connectivity index (χ1v) is 6.45. The molecule has 18 heavy (non-hydrogen) atoms. The number of ether oxygens (including phenoxy) is 2. The molecule has 0 spiro atoms. The molecule has 96 valence electrons. The zero-order chi connectivity index (χ0) is 12.6. The highest BCUT2D eigenvalue weighted by molar-refractivity contribution is 5.79. The van der Waals surface area contributed by atoms with Gasteiger partial charge in [0.1, 0.15) is 12.4 Å². The van der Waals surface area contributed by atoms with Crippen LogP contribution in [0.3, 0.4) is 0 Å². The first-order valence-electron chi connectivity index (χ1n) is 6.45. The van der Waals surface area contributed by atoms with Gasteiger partial charge in [-0.1, -0.05) is 31.5 Å². The fourth-order valence-corrected chi connectivity index (χ4v) is 1.70. The lowest BCUT2D eigenvalue weighted by molar-refractivity contribution is 0.0980. The van der Waals surface area contributed by atoms with Gasteiger partial charge < -0.3 is 9.47 Å². The molecule has 0 saturated carbocycles. The van der Waals surface area contributed by atoms with Gasteiger partial charge in [0.15, 0.2) is 0 Å². The quantitative estimate of drug-likeness (QED) is 0.700. The Morgan fingerprint density at radius 1 is 1.11 bits per heavy atom. The smallest absolute Gasteiger partial charge is 0.138 e. The average molecular weight is 245 g/mol. The largest absolute Gasteiger partial charge is 0.490 e. The molecule has 1 heterocycles. The molecule has 2 aromatic rings. The van der Waals surface area contributed by atoms with E-state index >= 15 is 0 Å². The van der Waals surface area contributed by atoms with Gasteiger partial charge >= 0.3 is 0 Å². The number of pyridine rings is 1. The Morgan fingerprint density at radius 2 is 2.00 bits per heavy atom. The first kappa shape index (κ1) is 12.8. The number of hydrogen-bond donors (Lipinski definition) is 0. The third-order valence-electron chi connectivity index (χ3n) is 2.70. The minimum atomic E-state index is 0.573. The number of fused-ring (bicyclic) bond motifs is 1. The van der Waals surface area contributed by atoms with Crippen molar-refractivity contribution in [2.45, 2.75) is 19.8 Å². The van der Waals surface area contributed by atoms with Gasteiger partial charge in [0.25, 0.3) is 0 Å². The van der Waals surface area contributed by atoms with Gasteiger partial charge in [-0.15, -0.1) is 0 Å². The molecule has 0 atom stereocenters. The van der Waals surface area contributed by atoms with E-state index in [9.17, 15) is 0 Å². The third kappa shape index (κ3) is 3.70. The zero-order valence-corrected chi connectivity index (χ0v) is 10.8. The summed E-state index contributed by atoms with van der Waals surface area (Å²) in [6.07, 6.45) is 4.03. The van der Waals surface area contributed by atoms with Crippen molar-refractivity contribution < 1.29 is 9.47 Å². The van der Waals surface area contributed by atoms with Gasteiger partial charge in [-0.2, -0.15) is 0 Å². The third-order valence-corrected chi connectivity index (χ3v) is 2.70. The molecule has 0 N–H and O–H groups in total. The number of aromatic nitrogens is 1. The van der Waals surface area contributed by atoms with E-state index in [4.69, 9.17) is 9.47 Å². The van der Waals surface area contributed by atoms with Crippen LogP contribution in [-0.2, 0) is 4.74 Å². The van der Waals surface area contributed by atoms with Gasteiger partial charge in [-0.25, -0.2) is 0 Å². The van der Waals surface area contributed by atoms with Crippen LogP contribution in [0.1, 0.15) is 19.8 Å². The van der Waals surface area contributed by atoms with Crippen molar-refractivity contribution in [2.24, 2.45) is 0 Å². The number of unbranched alkanes of at least 4 members (excludes halogenated alkanes) is 1. The lowest BCUT2D eigenvalue weighted by atomic mass is 10.2. The second-order valence-corrected chi connectivity index (χ2v) is 4.18. The van der Waals surface area contributed by atoms with Crippen LogP contribution in [0.5, 0.6) is 5.75 Å². The summed E-state index contributed by atoms with van der Waals surface area (Å²) in [6, 6.07) is 10.0. The van der Waals surface area contributed by atoms with Crippen molar-refractivity contribution in [3.05, 3.63) is 36.5 Å². The fraction of sp³-hybridized carbons (Fsp3) is 0.400. The van der Waals surface area contributed by atoms with Crippen molar-refractivity contribution in [2.75, 3.05) is 19.8 Å². The maximum atomic E-state index is 5.61. The van der Waals surface area contributed by atoms with Crippen LogP contribution >= 0.6 is 0 Å². The molecule has 0 radical (unpaired) electrons. The monoisotopic (exact) mass is 245 g/mol. The molecular formula is C15H19NO2. The van der Waals surface area contributed by atoms with Crippen molar-refractivity contribution >= 4 is 10.9 Å². The van der Waals surface area contributed by atoms with E-state index in [0.717, 1.165) is 36.1 Å². The molecule has 0 amide bonds. The summed E-state index contributed by atoms with van der Waals surface area (Å²) in [5.41, 5.74) is 0.990. The summed E-state index contributed by atoms with van der Waals surface area (Å²) < 4.78 is 11.0. The Balaban J connectivity index is 1.81. The van der Waals surface area contributed by atoms with Gasteiger partial charge in [-0.05, 0) is 18.6 Å². The molecule has 0 saturated heterocycles. The molecule has 2 rings (SSSR count). The zero-order valence-electron chi connectivity index (χ0n) is 10.8. The highest BCUT2D eigenvalue weighted by atomic mass is 16.5. The summed E-state index contributed by atoms with van der Waals surface area (Å²) in [4.78, 5) is 4.34. The second kappa shape index (κ2) is 6.97. The van der Waals surface area contributed by atoms with Gasteiger partial charge in [-0.3, -0.25) is 4.98 Å². The maximum absolute atomic E-state index is 5.61. The molecule has 3 heteroatoms. The van der Waals surface area contributed by atoms with Gasteiger partial charge in [0.2, 0.25) is 0 Å². The molecule has 0 aliphatic carbocycles. The summed E-state index contributed by atoms with van der Waals surface area (Å²) >= 11 is 0. The Hall–Kier alpha value is -1.61. The lowest BCUT2D eigenvalue weighted by Gasteiger charge is -2.07. The fourth-order valence-electron chi connectivity index (χ4n) is 1.70. The van der Waals surface area contributed by atoms with Crippen LogP contribution in [0.25, 0.3) is 10.9 Å². The predicted octanol–water partition coefficient (Wildman–Crippen LogP) is 3.43. The van der Waals surface area contributed by atoms with Crippen molar-refractivity contribution in [3.63, 3.8) is 0 Å². The van der Waals surface area contributed by atoms with Crippen molar-refractivity contribution in [1.29, 1.82) is 0 Å². The van der Waals surface area contributed by atoms with Crippen LogP contribution in [0.2, 0.25) is 0 Å². The SMILES string of the molecule is CCCCOCCOc1cnc2ccccc2c1. The molecule has 0 bridgehead atoms. The second-order valence-electron chi connectivity index (χ2n) is 4.18. The molecule has 0 unspecified atom stereocenters. The van der Waals surface area contributed by atoms with Crippen molar-refractivity contribution in [3.8, 4) is 5.75 Å². The van der Waals surface area contributed by atoms with Gasteiger partial charge in [0, 0.05) is 12.0 Å². The van der Waals surface area contributed by atoms with Crippen LogP contribution in [0.4, 0.5) is 0 Å². The number of hydrogen-bond acceptors (Lipinski definition) is 3. The van der Waals surface area contributed by atoms with E-state index in [1.807, 2.05) is 30.3 Å². The molecule has 1 aromatic heterocycles. The normalized spacial score (nSPS) is 10.7. The summed E-state index contributed by atoms with van der Waals surface area (Å²) in [7, 11) is 0. The minimum absolute atomic E-state index is 0.573. The lowest BCUT2D eigenvalue weighted by Crippen LogP contribution is -2.07. The number of rotatable bonds is 7. The Morgan fingerprint density at radius 3 is 2.89 bits per heavy atom. The van der Waals surface area contributed by atoms with Gasteiger partial charge in [0.05, 0.1) is 18.3 Å². The standard InChI is InChI=1S/C15H19NO2/c1-2-3-8-17-9-10-18-14-11-13-6-4-5-7-15(13)16-12-14/h4-7,11-12H,2-3,8-10H2,1H3. The molecule has 0 aliphatic rings. The summed E-state index contributed by atoms with van der Waals surface area (Å²) in [5.74, 6) is 0.799. The Kier molecular flexibility index (Phi) is 4.97. The maximum Gasteiger partial charge on any atom is 0.138 e. The molecule has 1 aromatic carbocycles. The molecule has 3 nitrogen and oxygen atoms in total. The van der Waals surface area contributed by atoms with E-state index in [1.54, 1.807) is 6.20 Å². The number of nitrogens with zero attached hydrogens (tertiary/aromatic N) is 1. The minimum Gasteiger partial charge on any atom is -0.490 e. The van der Waals surface area contributed by atoms with Crippen molar-refractivity contribution in [1.82, 2.24) is 4.98 Å². The Labute approximate surface area is 108 Å². The van der Waals surface area contributed by atoms with Crippen LogP contribution in [0.15, 0.2) is 36.5 Å². The summed E-state index contributed by atoms with van der Waals surface area (Å²) in [6.45, 7) is 4.17. The van der Waals surface area contributed by atoms with E-state index in [0.29, 0.717) is 13.2 Å². The summed E-state index contributed by atoms with van der Waals surface area (Å²) in [5, 5.41) is 1.10. The van der Waals surface area contributed by atoms with Crippen LogP contribution in [-0.4, -0.2) is 24.8 Å². The van der Waals surface area contributed by atoms with E-state index in [-0.39, 0.29) is 0 Å². The predicted molar refractivity (Wildman–Crippen MR) is 73.0 cm³/mol. The number of para-hydroxylation sites is 1. The number of benzene rings is 1. The van der Waals surface area contributed by atoms with E-state index in [1.165, 1.54) is 0 Å². The average Bonchev–Trinajstić information content (AvgIpc) is 2.42. The van der Waals surface area contributed by atoms with Crippen LogP contribution < -0.4 is 4.74 Å². The van der Waals surface area contributed by atoms with E-state index < -0.39 is 0 Å².